The predicted molar refractivity (Wildman–Crippen MR) is 83.5 cm³/mol. The summed E-state index contributed by atoms with van der Waals surface area (Å²) in [6, 6.07) is 9.74. The summed E-state index contributed by atoms with van der Waals surface area (Å²) in [7, 11) is 0. The standard InChI is InChI=1S/C17H22N2O2/c1-2-8-18-11-15-10-17(13-19-12-15)21-16-5-3-14(4-6-16)7-9-20/h3-6,10,12-13,18,20H,2,7-9,11H2,1H3. The number of rotatable bonds is 8. The number of aromatic nitrogens is 1. The number of nitrogens with zero attached hydrogens (tertiary/aromatic N) is 1. The highest BCUT2D eigenvalue weighted by Crippen LogP contribution is 2.21. The first-order valence-electron chi connectivity index (χ1n) is 7.34. The molecule has 2 N–H and O–H groups in total. The van der Waals surface area contributed by atoms with Gasteiger partial charge < -0.3 is 15.2 Å². The minimum absolute atomic E-state index is 0.164. The van der Waals surface area contributed by atoms with Crippen LogP contribution < -0.4 is 10.1 Å². The van der Waals surface area contributed by atoms with Crippen molar-refractivity contribution in [2.45, 2.75) is 26.3 Å². The van der Waals surface area contributed by atoms with E-state index in [9.17, 15) is 0 Å². The van der Waals surface area contributed by atoms with Crippen LogP contribution in [0.25, 0.3) is 0 Å². The summed E-state index contributed by atoms with van der Waals surface area (Å²) in [5.41, 5.74) is 2.21. The predicted octanol–water partition coefficient (Wildman–Crippen LogP) is 2.91. The van der Waals surface area contributed by atoms with Gasteiger partial charge in [0.15, 0.2) is 0 Å². The number of benzene rings is 1. The monoisotopic (exact) mass is 286 g/mol. The Morgan fingerprint density at radius 3 is 2.62 bits per heavy atom. The quantitative estimate of drug-likeness (QED) is 0.733. The van der Waals surface area contributed by atoms with Crippen LogP contribution in [0.1, 0.15) is 24.5 Å². The van der Waals surface area contributed by atoms with E-state index in [-0.39, 0.29) is 6.61 Å². The first kappa shape index (κ1) is 15.5. The number of hydrogen-bond acceptors (Lipinski definition) is 4. The Labute approximate surface area is 125 Å². The van der Waals surface area contributed by atoms with Crippen molar-refractivity contribution < 1.29 is 9.84 Å². The van der Waals surface area contributed by atoms with Crippen molar-refractivity contribution in [2.24, 2.45) is 0 Å². The Morgan fingerprint density at radius 2 is 1.90 bits per heavy atom. The van der Waals surface area contributed by atoms with E-state index in [4.69, 9.17) is 9.84 Å². The van der Waals surface area contributed by atoms with Crippen molar-refractivity contribution in [1.82, 2.24) is 10.3 Å². The molecule has 0 bridgehead atoms. The lowest BCUT2D eigenvalue weighted by Crippen LogP contribution is -2.13. The first-order valence-corrected chi connectivity index (χ1v) is 7.34. The maximum absolute atomic E-state index is 8.90. The number of pyridine rings is 1. The fourth-order valence-corrected chi connectivity index (χ4v) is 2.02. The smallest absolute Gasteiger partial charge is 0.146 e. The molecule has 0 unspecified atom stereocenters. The molecule has 1 heterocycles. The van der Waals surface area contributed by atoms with E-state index in [2.05, 4.69) is 17.2 Å². The Bertz CT molecular complexity index is 541. The molecule has 0 saturated heterocycles. The van der Waals surface area contributed by atoms with Crippen LogP contribution >= 0.6 is 0 Å². The highest BCUT2D eigenvalue weighted by molar-refractivity contribution is 5.33. The third kappa shape index (κ3) is 5.17. The molecule has 0 aliphatic carbocycles. The van der Waals surface area contributed by atoms with Gasteiger partial charge in [-0.05, 0) is 48.7 Å². The van der Waals surface area contributed by atoms with Crippen molar-refractivity contribution in [3.05, 3.63) is 53.9 Å². The van der Waals surface area contributed by atoms with Crippen LogP contribution in [0.5, 0.6) is 11.5 Å². The lowest BCUT2D eigenvalue weighted by atomic mass is 10.1. The second-order valence-electron chi connectivity index (χ2n) is 4.93. The van der Waals surface area contributed by atoms with Gasteiger partial charge in [0.25, 0.3) is 0 Å². The Hall–Kier alpha value is -1.91. The third-order valence-electron chi connectivity index (χ3n) is 3.09. The van der Waals surface area contributed by atoms with Gasteiger partial charge in [-0.1, -0.05) is 19.1 Å². The average Bonchev–Trinajstić information content (AvgIpc) is 2.50. The molecule has 0 radical (unpaired) electrons. The van der Waals surface area contributed by atoms with Gasteiger partial charge in [0.2, 0.25) is 0 Å². The summed E-state index contributed by atoms with van der Waals surface area (Å²) in [5, 5.41) is 12.2. The average molecular weight is 286 g/mol. The molecule has 0 aliphatic rings. The zero-order chi connectivity index (χ0) is 14.9. The first-order chi connectivity index (χ1) is 10.3. The number of aliphatic hydroxyl groups is 1. The van der Waals surface area contributed by atoms with Gasteiger partial charge in [-0.25, -0.2) is 0 Å². The van der Waals surface area contributed by atoms with Gasteiger partial charge >= 0.3 is 0 Å². The molecule has 0 amide bonds. The van der Waals surface area contributed by atoms with Crippen LogP contribution in [0, 0.1) is 0 Å². The van der Waals surface area contributed by atoms with E-state index >= 15 is 0 Å². The number of ether oxygens (including phenoxy) is 1. The van der Waals surface area contributed by atoms with Gasteiger partial charge in [0.1, 0.15) is 11.5 Å². The van der Waals surface area contributed by atoms with E-state index in [0.717, 1.165) is 42.1 Å². The molecule has 4 nitrogen and oxygen atoms in total. The van der Waals surface area contributed by atoms with Crippen LogP contribution in [-0.2, 0) is 13.0 Å². The molecule has 4 heteroatoms. The van der Waals surface area contributed by atoms with Gasteiger partial charge in [0.05, 0.1) is 6.20 Å². The fourth-order valence-electron chi connectivity index (χ4n) is 2.02. The highest BCUT2D eigenvalue weighted by atomic mass is 16.5. The zero-order valence-electron chi connectivity index (χ0n) is 12.4. The number of hydrogen-bond donors (Lipinski definition) is 2. The molecular formula is C17H22N2O2. The molecule has 0 saturated carbocycles. The maximum Gasteiger partial charge on any atom is 0.146 e. The van der Waals surface area contributed by atoms with Crippen LogP contribution in [0.3, 0.4) is 0 Å². The topological polar surface area (TPSA) is 54.4 Å². The van der Waals surface area contributed by atoms with Gasteiger partial charge in [0, 0.05) is 19.3 Å². The van der Waals surface area contributed by atoms with Crippen molar-refractivity contribution in [1.29, 1.82) is 0 Å². The van der Waals surface area contributed by atoms with E-state index in [1.807, 2.05) is 36.5 Å². The number of nitrogens with one attached hydrogen (secondary N) is 1. The normalized spacial score (nSPS) is 10.6. The van der Waals surface area contributed by atoms with E-state index < -0.39 is 0 Å². The fraction of sp³-hybridized carbons (Fsp3) is 0.353. The van der Waals surface area contributed by atoms with Crippen molar-refractivity contribution in [3.8, 4) is 11.5 Å². The van der Waals surface area contributed by atoms with Gasteiger partial charge in [-0.2, -0.15) is 0 Å². The summed E-state index contributed by atoms with van der Waals surface area (Å²) in [5.74, 6) is 1.51. The largest absolute Gasteiger partial charge is 0.456 e. The molecule has 21 heavy (non-hydrogen) atoms. The summed E-state index contributed by atoms with van der Waals surface area (Å²) in [4.78, 5) is 4.21. The van der Waals surface area contributed by atoms with Gasteiger partial charge in [-0.3, -0.25) is 4.98 Å². The molecule has 1 aromatic carbocycles. The van der Waals surface area contributed by atoms with Crippen LogP contribution in [0.15, 0.2) is 42.7 Å². The molecule has 112 valence electrons. The second-order valence-corrected chi connectivity index (χ2v) is 4.93. The lowest BCUT2D eigenvalue weighted by molar-refractivity contribution is 0.299. The zero-order valence-corrected chi connectivity index (χ0v) is 12.4. The van der Waals surface area contributed by atoms with Gasteiger partial charge in [-0.15, -0.1) is 0 Å². The van der Waals surface area contributed by atoms with E-state index in [0.29, 0.717) is 6.42 Å². The summed E-state index contributed by atoms with van der Waals surface area (Å²) in [6.07, 6.45) is 5.34. The summed E-state index contributed by atoms with van der Waals surface area (Å²) < 4.78 is 5.81. The minimum Gasteiger partial charge on any atom is -0.456 e. The van der Waals surface area contributed by atoms with E-state index in [1.165, 1.54) is 0 Å². The second kappa shape index (κ2) is 8.39. The van der Waals surface area contributed by atoms with E-state index in [1.54, 1.807) is 6.20 Å². The van der Waals surface area contributed by atoms with Crippen molar-refractivity contribution in [3.63, 3.8) is 0 Å². The Balaban J connectivity index is 1.96. The highest BCUT2D eigenvalue weighted by Gasteiger charge is 2.01. The summed E-state index contributed by atoms with van der Waals surface area (Å²) >= 11 is 0. The number of aliphatic hydroxyl groups excluding tert-OH is 1. The maximum atomic E-state index is 8.90. The molecule has 1 aromatic heterocycles. The molecular weight excluding hydrogens is 264 g/mol. The molecule has 0 fully saturated rings. The van der Waals surface area contributed by atoms with Crippen LogP contribution in [0.2, 0.25) is 0 Å². The molecule has 0 aliphatic heterocycles. The van der Waals surface area contributed by atoms with Crippen LogP contribution in [0.4, 0.5) is 0 Å². The molecule has 2 rings (SSSR count). The Morgan fingerprint density at radius 1 is 1.10 bits per heavy atom. The summed E-state index contributed by atoms with van der Waals surface area (Å²) in [6.45, 7) is 4.10. The van der Waals surface area contributed by atoms with Crippen molar-refractivity contribution >= 4 is 0 Å². The van der Waals surface area contributed by atoms with Crippen LogP contribution in [-0.4, -0.2) is 23.2 Å². The third-order valence-corrected chi connectivity index (χ3v) is 3.09. The minimum atomic E-state index is 0.164. The SMILES string of the molecule is CCCNCc1cncc(Oc2ccc(CCO)cc2)c1. The molecule has 2 aromatic rings. The lowest BCUT2D eigenvalue weighted by Gasteiger charge is -2.08. The molecule has 0 atom stereocenters. The molecule has 0 spiro atoms. The van der Waals surface area contributed by atoms with Crippen molar-refractivity contribution in [2.75, 3.05) is 13.2 Å². The Kier molecular flexibility index (Phi) is 6.19.